The first-order valence-corrected chi connectivity index (χ1v) is 13.6. The van der Waals surface area contributed by atoms with Crippen molar-refractivity contribution in [2.75, 3.05) is 26.2 Å². The van der Waals surface area contributed by atoms with E-state index in [9.17, 15) is 10.5 Å². The van der Waals surface area contributed by atoms with Gasteiger partial charge in [-0.2, -0.15) is 10.5 Å². The third-order valence-electron chi connectivity index (χ3n) is 6.71. The third kappa shape index (κ3) is 2.98. The van der Waals surface area contributed by atoms with E-state index in [0.29, 0.717) is 11.8 Å². The Kier molecular flexibility index (Phi) is 6.69. The SMILES string of the molecule is CCN(CC)C1=C(N(CC)CC)C2(C#N)C(C#N)=C(C3CCCCC3C)SP12. The maximum atomic E-state index is 10.5. The van der Waals surface area contributed by atoms with Crippen molar-refractivity contribution in [3.05, 3.63) is 21.6 Å². The van der Waals surface area contributed by atoms with Crippen LogP contribution in [-0.2, 0) is 0 Å². The van der Waals surface area contributed by atoms with E-state index < -0.39 is 12.3 Å². The Hall–Kier alpha value is -1.16. The highest BCUT2D eigenvalue weighted by Crippen LogP contribution is 2.86. The Morgan fingerprint density at radius 1 is 1.04 bits per heavy atom. The summed E-state index contributed by atoms with van der Waals surface area (Å²) in [5.74, 6) is 1.07. The summed E-state index contributed by atoms with van der Waals surface area (Å²) in [7, 11) is -0.733. The van der Waals surface area contributed by atoms with Crippen LogP contribution in [-0.4, -0.2) is 41.1 Å². The Balaban J connectivity index is 2.15. The lowest BCUT2D eigenvalue weighted by atomic mass is 9.78. The van der Waals surface area contributed by atoms with Gasteiger partial charge in [-0.3, -0.25) is 0 Å². The van der Waals surface area contributed by atoms with E-state index in [1.54, 1.807) is 0 Å². The lowest BCUT2D eigenvalue weighted by Crippen LogP contribution is -2.48. The first kappa shape index (κ1) is 21.5. The summed E-state index contributed by atoms with van der Waals surface area (Å²) in [6, 6.07) is 5.25. The monoisotopic (exact) mass is 416 g/mol. The highest BCUT2D eigenvalue weighted by Gasteiger charge is 2.66. The molecule has 1 saturated carbocycles. The zero-order valence-corrected chi connectivity index (χ0v) is 19.7. The molecule has 3 rings (SSSR count). The minimum absolute atomic E-state index is 0.461. The molecule has 0 aromatic heterocycles. The summed E-state index contributed by atoms with van der Waals surface area (Å²) < 4.78 is 0. The standard InChI is InChI=1S/C22H33N4PS/c1-6-25(7-2)20-21(26(8-3)9-4)27-22(20,15-24)18(14-23)19(28-27)17-13-11-10-12-16(17)5/h16-17H,6-13H2,1-5H3. The summed E-state index contributed by atoms with van der Waals surface area (Å²) in [5, 5.41) is 20.0. The molecule has 2 aliphatic heterocycles. The number of rotatable bonds is 7. The van der Waals surface area contributed by atoms with Crippen LogP contribution in [0.3, 0.4) is 0 Å². The van der Waals surface area contributed by atoms with Gasteiger partial charge in [0.2, 0.25) is 0 Å². The molecule has 6 heteroatoms. The van der Waals surface area contributed by atoms with Crippen molar-refractivity contribution in [1.29, 1.82) is 10.5 Å². The maximum absolute atomic E-state index is 10.5. The Morgan fingerprint density at radius 3 is 2.14 bits per heavy atom. The normalized spacial score (nSPS) is 31.8. The van der Waals surface area contributed by atoms with E-state index in [1.165, 1.54) is 36.0 Å². The molecule has 28 heavy (non-hydrogen) atoms. The predicted octanol–water partition coefficient (Wildman–Crippen LogP) is 5.86. The fourth-order valence-electron chi connectivity index (χ4n) is 5.07. The van der Waals surface area contributed by atoms with Crippen LogP contribution >= 0.6 is 18.5 Å². The van der Waals surface area contributed by atoms with Crippen molar-refractivity contribution in [3.63, 3.8) is 0 Å². The quantitative estimate of drug-likeness (QED) is 0.486. The Labute approximate surface area is 176 Å². The van der Waals surface area contributed by atoms with Crippen molar-refractivity contribution in [2.45, 2.75) is 65.5 Å². The zero-order valence-electron chi connectivity index (χ0n) is 18.0. The lowest BCUT2D eigenvalue weighted by molar-refractivity contribution is 0.300. The number of allylic oxidation sites excluding steroid dienone is 2. The number of nitriles is 2. The summed E-state index contributed by atoms with van der Waals surface area (Å²) >= 11 is 1.91. The van der Waals surface area contributed by atoms with Crippen LogP contribution in [0.4, 0.5) is 0 Å². The van der Waals surface area contributed by atoms with Gasteiger partial charge in [0, 0.05) is 38.2 Å². The first-order valence-electron chi connectivity index (χ1n) is 10.8. The second-order valence-electron chi connectivity index (χ2n) is 7.94. The largest absolute Gasteiger partial charge is 0.372 e. The van der Waals surface area contributed by atoms with Crippen LogP contribution in [0.1, 0.15) is 60.3 Å². The highest BCUT2D eigenvalue weighted by molar-refractivity contribution is 8.60. The second kappa shape index (κ2) is 8.69. The molecule has 0 amide bonds. The van der Waals surface area contributed by atoms with Crippen molar-refractivity contribution in [3.8, 4) is 12.1 Å². The summed E-state index contributed by atoms with van der Waals surface area (Å²) in [5.41, 5.74) is 3.29. The van der Waals surface area contributed by atoms with Gasteiger partial charge >= 0.3 is 0 Å². The van der Waals surface area contributed by atoms with Crippen LogP contribution in [0, 0.1) is 34.5 Å². The fourth-order valence-corrected chi connectivity index (χ4v) is 11.6. The van der Waals surface area contributed by atoms with Gasteiger partial charge in [0.25, 0.3) is 0 Å². The van der Waals surface area contributed by atoms with Crippen LogP contribution in [0.5, 0.6) is 0 Å². The molecular formula is C22H33N4PS. The van der Waals surface area contributed by atoms with Gasteiger partial charge < -0.3 is 9.80 Å². The van der Waals surface area contributed by atoms with Crippen molar-refractivity contribution in [2.24, 2.45) is 11.8 Å². The molecule has 0 N–H and O–H groups in total. The van der Waals surface area contributed by atoms with Gasteiger partial charge in [-0.25, -0.2) is 0 Å². The molecule has 1 fully saturated rings. The van der Waals surface area contributed by atoms with E-state index in [-0.39, 0.29) is 0 Å². The molecule has 4 unspecified atom stereocenters. The van der Waals surface area contributed by atoms with Gasteiger partial charge in [-0.1, -0.05) is 37.6 Å². The lowest BCUT2D eigenvalue weighted by Gasteiger charge is -2.51. The molecule has 0 spiro atoms. The molecule has 3 aliphatic rings. The van der Waals surface area contributed by atoms with Crippen LogP contribution in [0.15, 0.2) is 21.6 Å². The van der Waals surface area contributed by atoms with Crippen molar-refractivity contribution < 1.29 is 0 Å². The topological polar surface area (TPSA) is 54.1 Å². The zero-order chi connectivity index (χ0) is 20.5. The predicted molar refractivity (Wildman–Crippen MR) is 119 cm³/mol. The Morgan fingerprint density at radius 2 is 1.64 bits per heavy atom. The van der Waals surface area contributed by atoms with E-state index in [2.05, 4.69) is 56.6 Å². The first-order chi connectivity index (χ1) is 13.5. The molecule has 152 valence electrons. The second-order valence-corrected chi connectivity index (χ2v) is 11.9. The molecule has 0 bridgehead atoms. The molecule has 4 nitrogen and oxygen atoms in total. The smallest absolute Gasteiger partial charge is 0.169 e. The van der Waals surface area contributed by atoms with Crippen LogP contribution in [0.25, 0.3) is 0 Å². The van der Waals surface area contributed by atoms with Crippen molar-refractivity contribution >= 4 is 18.5 Å². The molecule has 0 aromatic rings. The van der Waals surface area contributed by atoms with Gasteiger partial charge in [-0.15, -0.1) is 0 Å². The average molecular weight is 417 g/mol. The van der Waals surface area contributed by atoms with E-state index in [1.807, 2.05) is 11.4 Å². The van der Waals surface area contributed by atoms with Gasteiger partial charge in [0.15, 0.2) is 5.16 Å². The molecule has 0 aromatic carbocycles. The maximum Gasteiger partial charge on any atom is 0.169 e. The minimum Gasteiger partial charge on any atom is -0.372 e. The highest BCUT2D eigenvalue weighted by atomic mass is 32.7. The number of fused-ring (bicyclic) bond motifs is 1. The molecule has 1 aliphatic carbocycles. The molecule has 2 heterocycles. The Bertz CT molecular complexity index is 753. The summed E-state index contributed by atoms with van der Waals surface area (Å²) in [4.78, 5) is 6.03. The molecule has 4 atom stereocenters. The minimum atomic E-state index is -0.733. The van der Waals surface area contributed by atoms with E-state index >= 15 is 0 Å². The van der Waals surface area contributed by atoms with Gasteiger partial charge in [0.05, 0.1) is 28.8 Å². The van der Waals surface area contributed by atoms with Gasteiger partial charge in [0.1, 0.15) is 0 Å². The molecule has 0 saturated heterocycles. The summed E-state index contributed by atoms with van der Waals surface area (Å²) in [6.45, 7) is 14.7. The van der Waals surface area contributed by atoms with Gasteiger partial charge in [-0.05, 0) is 46.0 Å². The van der Waals surface area contributed by atoms with Crippen molar-refractivity contribution in [1.82, 2.24) is 9.80 Å². The van der Waals surface area contributed by atoms with Crippen LogP contribution in [0.2, 0.25) is 0 Å². The number of hydrogen-bond acceptors (Lipinski definition) is 5. The average Bonchev–Trinajstić information content (AvgIpc) is 2.99. The van der Waals surface area contributed by atoms with Crippen LogP contribution < -0.4 is 0 Å². The number of nitrogens with zero attached hydrogens (tertiary/aromatic N) is 4. The third-order valence-corrected chi connectivity index (χ3v) is 12.1. The van der Waals surface area contributed by atoms with E-state index in [0.717, 1.165) is 37.4 Å². The fraction of sp³-hybridized carbons (Fsp3) is 0.727. The number of hydrogen-bond donors (Lipinski definition) is 0. The molecule has 0 radical (unpaired) electrons. The summed E-state index contributed by atoms with van der Waals surface area (Å²) in [6.07, 6.45) is 4.95. The molecular weight excluding hydrogens is 383 g/mol. The van der Waals surface area contributed by atoms with E-state index in [4.69, 9.17) is 0 Å².